The fourth-order valence-corrected chi connectivity index (χ4v) is 2.57. The third-order valence-corrected chi connectivity index (χ3v) is 3.42. The van der Waals surface area contributed by atoms with Gasteiger partial charge in [0.1, 0.15) is 12.1 Å². The van der Waals surface area contributed by atoms with E-state index in [9.17, 15) is 9.59 Å². The number of benzene rings is 1. The lowest BCUT2D eigenvalue weighted by Gasteiger charge is -2.38. The van der Waals surface area contributed by atoms with Gasteiger partial charge in [0.25, 0.3) is 0 Å². The number of carbonyl (C=O) groups is 2. The van der Waals surface area contributed by atoms with E-state index >= 15 is 0 Å². The molecule has 0 saturated carbocycles. The Morgan fingerprint density at radius 3 is 1.89 bits per heavy atom. The predicted octanol–water partition coefficient (Wildman–Crippen LogP) is 2.23. The van der Waals surface area contributed by atoms with Crippen LogP contribution in [0.2, 0.25) is 10.0 Å². The van der Waals surface area contributed by atoms with Crippen LogP contribution in [0.5, 0.6) is 0 Å². The van der Waals surface area contributed by atoms with Crippen LogP contribution in [0, 0.1) is 0 Å². The van der Waals surface area contributed by atoms with Crippen LogP contribution >= 0.6 is 23.2 Å². The predicted molar refractivity (Wildman–Crippen MR) is 71.0 cm³/mol. The summed E-state index contributed by atoms with van der Waals surface area (Å²) in [7, 11) is 0. The smallest absolute Gasteiger partial charge is 0.249 e. The first-order chi connectivity index (χ1) is 8.40. The maximum Gasteiger partial charge on any atom is 0.249 e. The van der Waals surface area contributed by atoms with Gasteiger partial charge in [-0.05, 0) is 32.0 Å². The number of imide groups is 1. The summed E-state index contributed by atoms with van der Waals surface area (Å²) in [6, 6.07) is 4.08. The summed E-state index contributed by atoms with van der Waals surface area (Å²) >= 11 is 11.9. The van der Waals surface area contributed by atoms with E-state index in [1.165, 1.54) is 0 Å². The topological polar surface area (TPSA) is 49.4 Å². The minimum atomic E-state index is -0.452. The average Bonchev–Trinajstić information content (AvgIpc) is 2.25. The summed E-state index contributed by atoms with van der Waals surface area (Å²) < 4.78 is 0. The summed E-state index contributed by atoms with van der Waals surface area (Å²) in [4.78, 5) is 25.0. The van der Waals surface area contributed by atoms with Crippen LogP contribution in [0.4, 0.5) is 5.69 Å². The Hall–Kier alpha value is -1.26. The molecule has 2 unspecified atom stereocenters. The van der Waals surface area contributed by atoms with Gasteiger partial charge < -0.3 is 4.90 Å². The first-order valence-corrected chi connectivity index (χ1v) is 6.25. The molecular weight excluding hydrogens is 275 g/mol. The maximum absolute atomic E-state index is 11.7. The van der Waals surface area contributed by atoms with Crippen molar-refractivity contribution in [3.63, 3.8) is 0 Å². The highest BCUT2D eigenvalue weighted by Gasteiger charge is 2.36. The summed E-state index contributed by atoms with van der Waals surface area (Å²) in [5.74, 6) is -0.650. The minimum absolute atomic E-state index is 0.325. The molecule has 0 spiro atoms. The number of carbonyl (C=O) groups excluding carboxylic acids is 2. The van der Waals surface area contributed by atoms with E-state index in [0.29, 0.717) is 15.7 Å². The van der Waals surface area contributed by atoms with E-state index in [2.05, 4.69) is 5.32 Å². The van der Waals surface area contributed by atoms with Crippen molar-refractivity contribution in [1.29, 1.82) is 0 Å². The average molecular weight is 287 g/mol. The Balaban J connectivity index is 2.45. The molecule has 6 heteroatoms. The van der Waals surface area contributed by atoms with Gasteiger partial charge in [0, 0.05) is 15.7 Å². The number of hydrogen-bond donors (Lipinski definition) is 1. The Morgan fingerprint density at radius 2 is 1.44 bits per heavy atom. The van der Waals surface area contributed by atoms with E-state index in [0.717, 1.165) is 0 Å². The molecule has 0 radical (unpaired) electrons. The van der Waals surface area contributed by atoms with Gasteiger partial charge in [-0.3, -0.25) is 14.9 Å². The number of rotatable bonds is 1. The monoisotopic (exact) mass is 286 g/mol. The SMILES string of the molecule is CC1C(=O)NC(=O)C(C)N1c1cc(Cl)cc(Cl)c1. The van der Waals surface area contributed by atoms with Crippen LogP contribution in [0.3, 0.4) is 0 Å². The summed E-state index contributed by atoms with van der Waals surface area (Å²) in [5, 5.41) is 3.26. The van der Waals surface area contributed by atoms with Crippen molar-refractivity contribution in [2.24, 2.45) is 0 Å². The Kier molecular flexibility index (Phi) is 3.50. The largest absolute Gasteiger partial charge is 0.348 e. The molecule has 1 saturated heterocycles. The van der Waals surface area contributed by atoms with Crippen molar-refractivity contribution in [2.75, 3.05) is 4.90 Å². The molecule has 96 valence electrons. The van der Waals surface area contributed by atoms with E-state index in [1.807, 2.05) is 0 Å². The zero-order valence-electron chi connectivity index (χ0n) is 9.91. The summed E-state index contributed by atoms with van der Waals surface area (Å²) in [5.41, 5.74) is 0.663. The third-order valence-electron chi connectivity index (χ3n) is 2.99. The van der Waals surface area contributed by atoms with Crippen molar-refractivity contribution in [1.82, 2.24) is 5.32 Å². The van der Waals surface area contributed by atoms with Crippen molar-refractivity contribution >= 4 is 40.7 Å². The maximum atomic E-state index is 11.7. The highest BCUT2D eigenvalue weighted by atomic mass is 35.5. The van der Waals surface area contributed by atoms with Gasteiger partial charge in [-0.2, -0.15) is 0 Å². The number of nitrogens with zero attached hydrogens (tertiary/aromatic N) is 1. The van der Waals surface area contributed by atoms with Crippen LogP contribution < -0.4 is 10.2 Å². The fraction of sp³-hybridized carbons (Fsp3) is 0.333. The number of nitrogens with one attached hydrogen (secondary N) is 1. The molecule has 1 heterocycles. The van der Waals surface area contributed by atoms with Crippen LogP contribution in [0.1, 0.15) is 13.8 Å². The van der Waals surface area contributed by atoms with E-state index in [-0.39, 0.29) is 11.8 Å². The first kappa shape index (κ1) is 13.2. The second-order valence-corrected chi connectivity index (χ2v) is 5.11. The lowest BCUT2D eigenvalue weighted by Crippen LogP contribution is -2.61. The molecule has 18 heavy (non-hydrogen) atoms. The zero-order valence-corrected chi connectivity index (χ0v) is 11.4. The van der Waals surface area contributed by atoms with Crippen LogP contribution in [-0.4, -0.2) is 23.9 Å². The molecule has 1 aliphatic rings. The Morgan fingerprint density at radius 1 is 1.00 bits per heavy atom. The van der Waals surface area contributed by atoms with Crippen LogP contribution in [-0.2, 0) is 9.59 Å². The second-order valence-electron chi connectivity index (χ2n) is 4.24. The van der Waals surface area contributed by atoms with Gasteiger partial charge in [-0.25, -0.2) is 0 Å². The number of halogens is 2. The van der Waals surface area contributed by atoms with Crippen molar-refractivity contribution in [3.05, 3.63) is 28.2 Å². The second kappa shape index (κ2) is 4.78. The van der Waals surface area contributed by atoms with E-state index in [1.54, 1.807) is 36.9 Å². The zero-order chi connectivity index (χ0) is 13.4. The van der Waals surface area contributed by atoms with Crippen molar-refractivity contribution < 1.29 is 9.59 Å². The lowest BCUT2D eigenvalue weighted by atomic mass is 10.1. The number of anilines is 1. The molecule has 2 amide bonds. The van der Waals surface area contributed by atoms with Gasteiger partial charge in [0.2, 0.25) is 11.8 Å². The van der Waals surface area contributed by atoms with Gasteiger partial charge in [-0.15, -0.1) is 0 Å². The molecule has 2 rings (SSSR count). The molecular formula is C12H12Cl2N2O2. The minimum Gasteiger partial charge on any atom is -0.348 e. The number of amides is 2. The van der Waals surface area contributed by atoms with Gasteiger partial charge >= 0.3 is 0 Å². The molecule has 0 aromatic heterocycles. The lowest BCUT2D eigenvalue weighted by molar-refractivity contribution is -0.134. The molecule has 1 aromatic carbocycles. The highest BCUT2D eigenvalue weighted by molar-refractivity contribution is 6.35. The molecule has 4 nitrogen and oxygen atoms in total. The van der Waals surface area contributed by atoms with E-state index < -0.39 is 12.1 Å². The van der Waals surface area contributed by atoms with Crippen molar-refractivity contribution in [3.8, 4) is 0 Å². The van der Waals surface area contributed by atoms with Crippen LogP contribution in [0.25, 0.3) is 0 Å². The first-order valence-electron chi connectivity index (χ1n) is 5.49. The molecule has 1 N–H and O–H groups in total. The molecule has 1 aromatic rings. The molecule has 0 bridgehead atoms. The normalized spacial score (nSPS) is 24.1. The number of piperazine rings is 1. The van der Waals surface area contributed by atoms with Crippen molar-refractivity contribution in [2.45, 2.75) is 25.9 Å². The quantitative estimate of drug-likeness (QED) is 0.806. The molecule has 0 aliphatic carbocycles. The fourth-order valence-electron chi connectivity index (χ4n) is 2.05. The van der Waals surface area contributed by atoms with E-state index in [4.69, 9.17) is 23.2 Å². The van der Waals surface area contributed by atoms with Gasteiger partial charge in [-0.1, -0.05) is 23.2 Å². The standard InChI is InChI=1S/C12H12Cl2N2O2/c1-6-11(17)15-12(18)7(2)16(6)10-4-8(13)3-9(14)5-10/h3-7H,1-2H3,(H,15,17,18). The molecule has 1 aliphatic heterocycles. The van der Waals surface area contributed by atoms with Gasteiger partial charge in [0.15, 0.2) is 0 Å². The highest BCUT2D eigenvalue weighted by Crippen LogP contribution is 2.29. The summed E-state index contributed by atoms with van der Waals surface area (Å²) in [6.45, 7) is 3.46. The molecule has 2 atom stereocenters. The molecule has 1 fully saturated rings. The Bertz CT molecular complexity index is 479. The number of hydrogen-bond acceptors (Lipinski definition) is 3. The third kappa shape index (κ3) is 2.31. The van der Waals surface area contributed by atoms with Crippen LogP contribution in [0.15, 0.2) is 18.2 Å². The summed E-state index contributed by atoms with van der Waals surface area (Å²) in [6.07, 6.45) is 0. The van der Waals surface area contributed by atoms with Gasteiger partial charge in [0.05, 0.1) is 0 Å². The Labute approximate surface area is 115 Å².